The summed E-state index contributed by atoms with van der Waals surface area (Å²) in [6.45, 7) is 12.4. The van der Waals surface area contributed by atoms with Crippen LogP contribution in [0.15, 0.2) is 48.5 Å². The van der Waals surface area contributed by atoms with E-state index in [0.717, 1.165) is 61.6 Å². The molecule has 0 aromatic heterocycles. The third-order valence-electron chi connectivity index (χ3n) is 6.93. The van der Waals surface area contributed by atoms with Crippen molar-refractivity contribution in [3.8, 4) is 5.75 Å². The van der Waals surface area contributed by atoms with Crippen LogP contribution in [-0.2, 0) is 20.7 Å². The highest BCUT2D eigenvalue weighted by Crippen LogP contribution is 2.25. The molecule has 0 spiro atoms. The highest BCUT2D eigenvalue weighted by Gasteiger charge is 2.36. The fraction of sp³-hybridized carbons (Fsp3) is 0.559. The molecule has 8 nitrogen and oxygen atoms in total. The lowest BCUT2D eigenvalue weighted by atomic mass is 9.99. The number of amides is 3. The van der Waals surface area contributed by atoms with Crippen LogP contribution in [0.1, 0.15) is 102 Å². The number of aromatic hydroxyl groups is 1. The molecule has 2 atom stereocenters. The summed E-state index contributed by atoms with van der Waals surface area (Å²) in [6, 6.07) is 12.4. The van der Waals surface area contributed by atoms with E-state index in [9.17, 15) is 19.5 Å². The van der Waals surface area contributed by atoms with Crippen LogP contribution >= 0.6 is 0 Å². The fourth-order valence-electron chi connectivity index (χ4n) is 4.68. The van der Waals surface area contributed by atoms with Crippen molar-refractivity contribution in [1.29, 1.82) is 0 Å². The van der Waals surface area contributed by atoms with E-state index in [0.29, 0.717) is 13.1 Å². The molecular weight excluding hydrogens is 530 g/mol. The van der Waals surface area contributed by atoms with E-state index < -0.39 is 23.8 Å². The lowest BCUT2D eigenvalue weighted by molar-refractivity contribution is -0.142. The first-order valence-corrected chi connectivity index (χ1v) is 15.4. The van der Waals surface area contributed by atoms with Crippen molar-refractivity contribution in [3.63, 3.8) is 0 Å². The first kappa shape index (κ1) is 34.7. The van der Waals surface area contributed by atoms with Gasteiger partial charge in [-0.3, -0.25) is 9.59 Å². The molecule has 42 heavy (non-hydrogen) atoms. The molecule has 0 aliphatic rings. The largest absolute Gasteiger partial charge is 0.508 e. The smallest absolute Gasteiger partial charge is 0.408 e. The number of unbranched alkanes of at least 4 members (excludes halogenated alkanes) is 5. The summed E-state index contributed by atoms with van der Waals surface area (Å²) in [7, 11) is 0. The molecule has 0 fully saturated rings. The van der Waals surface area contributed by atoms with Crippen LogP contribution < -0.4 is 10.6 Å². The lowest BCUT2D eigenvalue weighted by Crippen LogP contribution is -2.54. The van der Waals surface area contributed by atoms with Gasteiger partial charge in [-0.25, -0.2) is 4.79 Å². The number of aryl methyl sites for hydroxylation is 1. The summed E-state index contributed by atoms with van der Waals surface area (Å²) in [5.74, 6) is -0.492. The molecule has 2 aromatic rings. The number of hydrogen-bond acceptors (Lipinski definition) is 5. The molecule has 0 heterocycles. The van der Waals surface area contributed by atoms with E-state index in [1.807, 2.05) is 31.2 Å². The zero-order chi connectivity index (χ0) is 31.1. The van der Waals surface area contributed by atoms with E-state index in [-0.39, 0.29) is 24.0 Å². The van der Waals surface area contributed by atoms with Crippen LogP contribution in [0.25, 0.3) is 0 Å². The van der Waals surface area contributed by atoms with E-state index in [1.165, 1.54) is 0 Å². The average Bonchev–Trinajstić information content (AvgIpc) is 2.92. The molecule has 0 radical (unpaired) electrons. The Kier molecular flexibility index (Phi) is 14.4. The Morgan fingerprint density at radius 3 is 2.10 bits per heavy atom. The summed E-state index contributed by atoms with van der Waals surface area (Å²) in [6.07, 6.45) is 6.14. The predicted octanol–water partition coefficient (Wildman–Crippen LogP) is 6.59. The summed E-state index contributed by atoms with van der Waals surface area (Å²) < 4.78 is 5.51. The normalized spacial score (nSPS) is 12.7. The zero-order valence-corrected chi connectivity index (χ0v) is 26.4. The molecule has 3 amide bonds. The second-order valence-corrected chi connectivity index (χ2v) is 12.0. The minimum absolute atomic E-state index is 0.110. The van der Waals surface area contributed by atoms with E-state index in [2.05, 4.69) is 24.5 Å². The zero-order valence-electron chi connectivity index (χ0n) is 26.4. The second kappa shape index (κ2) is 17.4. The van der Waals surface area contributed by atoms with E-state index >= 15 is 0 Å². The molecule has 0 saturated carbocycles. The maximum Gasteiger partial charge on any atom is 0.408 e. The predicted molar refractivity (Wildman–Crippen MR) is 167 cm³/mol. The highest BCUT2D eigenvalue weighted by atomic mass is 16.6. The number of nitrogens with one attached hydrogen (secondary N) is 2. The number of carbonyl (C=O) groups is 3. The molecule has 2 unspecified atom stereocenters. The molecule has 3 N–H and O–H groups in total. The number of ether oxygens (including phenoxy) is 1. The molecule has 0 saturated heterocycles. The van der Waals surface area contributed by atoms with Gasteiger partial charge in [0.1, 0.15) is 23.4 Å². The summed E-state index contributed by atoms with van der Waals surface area (Å²) in [5, 5.41) is 15.6. The Morgan fingerprint density at radius 2 is 1.50 bits per heavy atom. The van der Waals surface area contributed by atoms with Gasteiger partial charge in [-0.1, -0.05) is 87.9 Å². The van der Waals surface area contributed by atoms with Gasteiger partial charge >= 0.3 is 6.09 Å². The molecule has 232 valence electrons. The molecule has 0 bridgehead atoms. The van der Waals surface area contributed by atoms with Crippen LogP contribution in [0.3, 0.4) is 0 Å². The molecule has 2 rings (SSSR count). The van der Waals surface area contributed by atoms with Crippen LogP contribution in [0.2, 0.25) is 0 Å². The number of phenolic OH excluding ortho intramolecular Hbond substituents is 1. The number of carbonyl (C=O) groups excluding carboxylic acids is 3. The molecule has 8 heteroatoms. The first-order valence-electron chi connectivity index (χ1n) is 15.4. The number of rotatable bonds is 16. The van der Waals surface area contributed by atoms with Gasteiger partial charge in [-0.2, -0.15) is 0 Å². The maximum absolute atomic E-state index is 14.5. The van der Waals surface area contributed by atoms with Crippen molar-refractivity contribution in [3.05, 3.63) is 65.2 Å². The molecule has 2 aromatic carbocycles. The monoisotopic (exact) mass is 581 g/mol. The third-order valence-corrected chi connectivity index (χ3v) is 6.93. The van der Waals surface area contributed by atoms with Gasteiger partial charge in [0, 0.05) is 19.5 Å². The van der Waals surface area contributed by atoms with Crippen LogP contribution in [0.5, 0.6) is 5.75 Å². The fourth-order valence-corrected chi connectivity index (χ4v) is 4.68. The summed E-state index contributed by atoms with van der Waals surface area (Å²) in [4.78, 5) is 42.8. The standard InChI is InChI=1S/C34H51N3O5/c1-7-9-11-12-13-23-37(30(31(39)35-22-10-8-2)27-18-14-25(3)15-19-27)32(40)29(36-33(41)42-34(4,5)6)24-26-16-20-28(38)21-17-26/h14-21,29-30,38H,7-13,22-24H2,1-6H3,(H,35,39)(H,36,41). The molecule has 0 aliphatic heterocycles. The van der Waals surface area contributed by atoms with Crippen LogP contribution in [0.4, 0.5) is 4.79 Å². The first-order chi connectivity index (χ1) is 19.9. The van der Waals surface area contributed by atoms with Crippen molar-refractivity contribution in [2.75, 3.05) is 13.1 Å². The van der Waals surface area contributed by atoms with E-state index in [1.54, 1.807) is 49.9 Å². The number of benzene rings is 2. The van der Waals surface area contributed by atoms with Crippen molar-refractivity contribution >= 4 is 17.9 Å². The minimum Gasteiger partial charge on any atom is -0.508 e. The van der Waals surface area contributed by atoms with Crippen molar-refractivity contribution in [1.82, 2.24) is 15.5 Å². The number of phenols is 1. The average molecular weight is 582 g/mol. The Labute approximate surface area is 252 Å². The topological polar surface area (TPSA) is 108 Å². The maximum atomic E-state index is 14.5. The summed E-state index contributed by atoms with van der Waals surface area (Å²) >= 11 is 0. The molecule has 0 aliphatic carbocycles. The van der Waals surface area contributed by atoms with Gasteiger partial charge in [0.05, 0.1) is 0 Å². The third kappa shape index (κ3) is 12.1. The van der Waals surface area contributed by atoms with E-state index in [4.69, 9.17) is 4.74 Å². The Bertz CT molecular complexity index is 1110. The lowest BCUT2D eigenvalue weighted by Gasteiger charge is -2.35. The van der Waals surface area contributed by atoms with Crippen molar-refractivity contribution in [2.45, 2.75) is 111 Å². The van der Waals surface area contributed by atoms with Crippen LogP contribution in [0, 0.1) is 6.92 Å². The molecular formula is C34H51N3O5. The number of nitrogens with zero attached hydrogens (tertiary/aromatic N) is 1. The van der Waals surface area contributed by atoms with Gasteiger partial charge < -0.3 is 25.4 Å². The van der Waals surface area contributed by atoms with Gasteiger partial charge in [0.25, 0.3) is 0 Å². The van der Waals surface area contributed by atoms with Gasteiger partial charge in [-0.15, -0.1) is 0 Å². The summed E-state index contributed by atoms with van der Waals surface area (Å²) in [5.41, 5.74) is 1.78. The Balaban J connectivity index is 2.52. The van der Waals surface area contributed by atoms with Crippen molar-refractivity contribution in [2.24, 2.45) is 0 Å². The number of hydrogen-bond donors (Lipinski definition) is 3. The Hall–Kier alpha value is -3.55. The number of alkyl carbamates (subject to hydrolysis) is 1. The quantitative estimate of drug-likeness (QED) is 0.194. The second-order valence-electron chi connectivity index (χ2n) is 12.0. The van der Waals surface area contributed by atoms with Crippen molar-refractivity contribution < 1.29 is 24.2 Å². The Morgan fingerprint density at radius 1 is 0.881 bits per heavy atom. The minimum atomic E-state index is -0.989. The highest BCUT2D eigenvalue weighted by molar-refractivity contribution is 5.92. The van der Waals surface area contributed by atoms with Gasteiger partial charge in [0.2, 0.25) is 11.8 Å². The van der Waals surface area contributed by atoms with Gasteiger partial charge in [0.15, 0.2) is 0 Å². The van der Waals surface area contributed by atoms with Gasteiger partial charge in [-0.05, 0) is 63.8 Å². The SMILES string of the molecule is CCCCCCCN(C(=O)C(Cc1ccc(O)cc1)NC(=O)OC(C)(C)C)C(C(=O)NCCCC)c1ccc(C)cc1. The van der Waals surface area contributed by atoms with Crippen LogP contribution in [-0.4, -0.2) is 52.6 Å².